The molecule has 2 aliphatic rings. The Hall–Kier alpha value is -2.27. The van der Waals surface area contributed by atoms with Gasteiger partial charge in [0.1, 0.15) is 0 Å². The number of nitrogens with one attached hydrogen (secondary N) is 2. The largest absolute Gasteiger partial charge is 0.352 e. The molecule has 1 fully saturated rings. The first-order chi connectivity index (χ1) is 14.2. The van der Waals surface area contributed by atoms with E-state index in [2.05, 4.69) is 10.6 Å². The molecule has 2 aromatic carbocycles. The van der Waals surface area contributed by atoms with Crippen LogP contribution in [0.25, 0.3) is 0 Å². The lowest BCUT2D eigenvalue weighted by Gasteiger charge is -2.21. The van der Waals surface area contributed by atoms with Gasteiger partial charge in [0.15, 0.2) is 0 Å². The van der Waals surface area contributed by atoms with Crippen LogP contribution in [0.15, 0.2) is 52.3 Å². The Morgan fingerprint density at radius 3 is 2.72 bits per heavy atom. The molecule has 1 saturated carbocycles. The number of carbonyl (C=O) groups excluding carboxylic acids is 2. The lowest BCUT2D eigenvalue weighted by atomic mass is 9.86. The molecule has 0 bridgehead atoms. The Bertz CT molecular complexity index is 890. The lowest BCUT2D eigenvalue weighted by molar-refractivity contribution is 0.0951. The van der Waals surface area contributed by atoms with Crippen molar-refractivity contribution in [3.63, 3.8) is 0 Å². The summed E-state index contributed by atoms with van der Waals surface area (Å²) in [5.74, 6) is 0.688. The molecule has 152 valence electrons. The third-order valence-electron chi connectivity index (χ3n) is 5.89. The molecule has 5 heteroatoms. The van der Waals surface area contributed by atoms with Gasteiger partial charge < -0.3 is 10.6 Å². The molecule has 2 amide bonds. The first-order valence-corrected chi connectivity index (χ1v) is 11.5. The van der Waals surface area contributed by atoms with Crippen molar-refractivity contribution >= 4 is 29.3 Å². The average molecular weight is 409 g/mol. The normalized spacial score (nSPS) is 16.3. The van der Waals surface area contributed by atoms with E-state index in [1.807, 2.05) is 36.4 Å². The van der Waals surface area contributed by atoms with Gasteiger partial charge in [-0.25, -0.2) is 0 Å². The highest BCUT2D eigenvalue weighted by Crippen LogP contribution is 2.39. The molecule has 4 rings (SSSR count). The number of carbonyl (C=O) groups is 2. The number of amides is 2. The standard InChI is InChI=1S/C24H28N2O2S/c27-23(25-15-7-6-10-17-8-2-1-3-9-17)18-13-14-22-20(16-18)26-24(28)19-11-4-5-12-21(19)29-22/h4-5,11-14,16-17H,1-3,6-10,15H2,(H,25,27)(H,26,28). The lowest BCUT2D eigenvalue weighted by Crippen LogP contribution is -2.24. The Morgan fingerprint density at radius 2 is 1.86 bits per heavy atom. The molecule has 2 N–H and O–H groups in total. The van der Waals surface area contributed by atoms with E-state index in [0.29, 0.717) is 23.4 Å². The van der Waals surface area contributed by atoms with Crippen molar-refractivity contribution in [2.45, 2.75) is 61.2 Å². The maximum atomic E-state index is 12.6. The summed E-state index contributed by atoms with van der Waals surface area (Å²) in [5, 5.41) is 5.98. The zero-order valence-electron chi connectivity index (χ0n) is 16.7. The number of anilines is 1. The summed E-state index contributed by atoms with van der Waals surface area (Å²) in [6.45, 7) is 0.704. The fourth-order valence-corrected chi connectivity index (χ4v) is 5.26. The molecule has 0 aromatic heterocycles. The molecule has 0 unspecified atom stereocenters. The van der Waals surface area contributed by atoms with Crippen molar-refractivity contribution in [3.05, 3.63) is 53.6 Å². The molecule has 2 aromatic rings. The van der Waals surface area contributed by atoms with E-state index >= 15 is 0 Å². The van der Waals surface area contributed by atoms with Crippen LogP contribution in [0.3, 0.4) is 0 Å². The second-order valence-electron chi connectivity index (χ2n) is 8.02. The monoisotopic (exact) mass is 408 g/mol. The predicted octanol–water partition coefficient (Wildman–Crippen LogP) is 5.88. The van der Waals surface area contributed by atoms with Crippen LogP contribution in [0, 0.1) is 5.92 Å². The number of rotatable bonds is 6. The van der Waals surface area contributed by atoms with Crippen LogP contribution in [0.1, 0.15) is 72.1 Å². The van der Waals surface area contributed by atoms with Crippen molar-refractivity contribution in [1.29, 1.82) is 0 Å². The highest BCUT2D eigenvalue weighted by Gasteiger charge is 2.20. The van der Waals surface area contributed by atoms with Gasteiger partial charge in [-0.15, -0.1) is 0 Å². The van der Waals surface area contributed by atoms with Crippen molar-refractivity contribution in [1.82, 2.24) is 5.32 Å². The third kappa shape index (κ3) is 5.02. The van der Waals surface area contributed by atoms with E-state index in [9.17, 15) is 9.59 Å². The number of benzene rings is 2. The first kappa shape index (κ1) is 20.0. The molecular formula is C24H28N2O2S. The molecule has 1 aliphatic heterocycles. The van der Waals surface area contributed by atoms with Crippen molar-refractivity contribution in [3.8, 4) is 0 Å². The molecule has 4 nitrogen and oxygen atoms in total. The summed E-state index contributed by atoms with van der Waals surface area (Å²) in [5.41, 5.74) is 1.95. The first-order valence-electron chi connectivity index (χ1n) is 10.7. The van der Waals surface area contributed by atoms with Gasteiger partial charge in [0.2, 0.25) is 0 Å². The summed E-state index contributed by atoms with van der Waals surface area (Å²) in [6, 6.07) is 13.1. The Labute approximate surface area is 176 Å². The summed E-state index contributed by atoms with van der Waals surface area (Å²) in [6.07, 6.45) is 10.4. The smallest absolute Gasteiger partial charge is 0.256 e. The fourth-order valence-electron chi connectivity index (χ4n) is 4.25. The second-order valence-corrected chi connectivity index (χ2v) is 9.10. The SMILES string of the molecule is O=C(NCCCCC1CCCCC1)c1ccc2c(c1)NC(=O)c1ccccc1S2. The second kappa shape index (κ2) is 9.49. The molecule has 1 heterocycles. The number of unbranched alkanes of at least 4 members (excludes halogenated alkanes) is 1. The molecule has 0 atom stereocenters. The zero-order chi connectivity index (χ0) is 20.1. The van der Waals surface area contributed by atoms with Crippen LogP contribution < -0.4 is 10.6 Å². The minimum atomic E-state index is -0.132. The maximum absolute atomic E-state index is 12.6. The molecule has 0 saturated heterocycles. The average Bonchev–Trinajstić information content (AvgIpc) is 2.89. The van der Waals surface area contributed by atoms with Gasteiger partial charge in [-0.05, 0) is 42.7 Å². The number of hydrogen-bond acceptors (Lipinski definition) is 3. The van der Waals surface area contributed by atoms with Gasteiger partial charge in [0, 0.05) is 21.9 Å². The molecule has 1 aliphatic carbocycles. The fraction of sp³-hybridized carbons (Fsp3) is 0.417. The number of hydrogen-bond donors (Lipinski definition) is 2. The van der Waals surface area contributed by atoms with E-state index in [1.165, 1.54) is 44.9 Å². The minimum absolute atomic E-state index is 0.0773. The highest BCUT2D eigenvalue weighted by molar-refractivity contribution is 7.99. The van der Waals surface area contributed by atoms with E-state index in [4.69, 9.17) is 0 Å². The molecular weight excluding hydrogens is 380 g/mol. The molecule has 0 spiro atoms. The Morgan fingerprint density at radius 1 is 1.03 bits per heavy atom. The summed E-state index contributed by atoms with van der Waals surface area (Å²) < 4.78 is 0. The van der Waals surface area contributed by atoms with Gasteiger partial charge in [0.25, 0.3) is 11.8 Å². The van der Waals surface area contributed by atoms with Crippen LogP contribution in [-0.4, -0.2) is 18.4 Å². The van der Waals surface area contributed by atoms with Crippen LogP contribution in [0.2, 0.25) is 0 Å². The quantitative estimate of drug-likeness (QED) is 0.587. The van der Waals surface area contributed by atoms with E-state index in [0.717, 1.165) is 22.1 Å². The van der Waals surface area contributed by atoms with Gasteiger partial charge >= 0.3 is 0 Å². The highest BCUT2D eigenvalue weighted by atomic mass is 32.2. The Kier molecular flexibility index (Phi) is 6.55. The summed E-state index contributed by atoms with van der Waals surface area (Å²) in [7, 11) is 0. The van der Waals surface area contributed by atoms with Crippen molar-refractivity contribution in [2.75, 3.05) is 11.9 Å². The summed E-state index contributed by atoms with van der Waals surface area (Å²) >= 11 is 1.55. The number of fused-ring (bicyclic) bond motifs is 2. The van der Waals surface area contributed by atoms with Crippen molar-refractivity contribution in [2.24, 2.45) is 5.92 Å². The van der Waals surface area contributed by atoms with Crippen LogP contribution >= 0.6 is 11.8 Å². The van der Waals surface area contributed by atoms with Crippen LogP contribution in [-0.2, 0) is 0 Å². The van der Waals surface area contributed by atoms with Crippen LogP contribution in [0.5, 0.6) is 0 Å². The maximum Gasteiger partial charge on any atom is 0.256 e. The third-order valence-corrected chi connectivity index (χ3v) is 7.04. The zero-order valence-corrected chi connectivity index (χ0v) is 17.5. The van der Waals surface area contributed by atoms with Gasteiger partial charge in [-0.1, -0.05) is 68.8 Å². The van der Waals surface area contributed by atoms with E-state index in [1.54, 1.807) is 17.8 Å². The predicted molar refractivity (Wildman–Crippen MR) is 118 cm³/mol. The van der Waals surface area contributed by atoms with Gasteiger partial charge in [0.05, 0.1) is 11.3 Å². The van der Waals surface area contributed by atoms with Crippen LogP contribution in [0.4, 0.5) is 5.69 Å². The van der Waals surface area contributed by atoms with Gasteiger partial charge in [-0.3, -0.25) is 9.59 Å². The van der Waals surface area contributed by atoms with Gasteiger partial charge in [-0.2, -0.15) is 0 Å². The molecule has 0 radical (unpaired) electrons. The van der Waals surface area contributed by atoms with E-state index < -0.39 is 0 Å². The molecule has 29 heavy (non-hydrogen) atoms. The van der Waals surface area contributed by atoms with E-state index in [-0.39, 0.29) is 11.8 Å². The topological polar surface area (TPSA) is 58.2 Å². The Balaban J connectivity index is 1.31. The summed E-state index contributed by atoms with van der Waals surface area (Å²) in [4.78, 5) is 26.9. The van der Waals surface area contributed by atoms with Crippen molar-refractivity contribution < 1.29 is 9.59 Å². The minimum Gasteiger partial charge on any atom is -0.352 e.